The zero-order chi connectivity index (χ0) is 11.5. The summed E-state index contributed by atoms with van der Waals surface area (Å²) >= 11 is 1.48. The first kappa shape index (κ1) is 12.0. The van der Waals surface area contributed by atoms with Crippen LogP contribution in [0.25, 0.3) is 0 Å². The van der Waals surface area contributed by atoms with Gasteiger partial charge in [0.1, 0.15) is 5.03 Å². The molecule has 1 heterocycles. The Balaban J connectivity index is 2.91. The molecule has 4 heteroatoms. The third-order valence-electron chi connectivity index (χ3n) is 1.70. The van der Waals surface area contributed by atoms with E-state index in [1.54, 1.807) is 18.3 Å². The van der Waals surface area contributed by atoms with Gasteiger partial charge in [-0.2, -0.15) is 0 Å². The van der Waals surface area contributed by atoms with E-state index in [2.05, 4.69) is 10.3 Å². The Morgan fingerprint density at radius 1 is 1.47 bits per heavy atom. The van der Waals surface area contributed by atoms with Crippen LogP contribution < -0.4 is 5.32 Å². The summed E-state index contributed by atoms with van der Waals surface area (Å²) in [6.45, 7) is 5.88. The van der Waals surface area contributed by atoms with Gasteiger partial charge in [-0.05, 0) is 39.2 Å². The van der Waals surface area contributed by atoms with Gasteiger partial charge >= 0.3 is 0 Å². The van der Waals surface area contributed by atoms with Crippen LogP contribution in [0.3, 0.4) is 0 Å². The Bertz CT molecular complexity index is 358. The van der Waals surface area contributed by atoms with Crippen LogP contribution in [-0.2, 0) is 0 Å². The maximum absolute atomic E-state index is 11.9. The molecular formula is C11H16N2OS. The van der Waals surface area contributed by atoms with Crippen molar-refractivity contribution in [2.75, 3.05) is 6.26 Å². The minimum atomic E-state index is -0.220. The molecule has 1 amide bonds. The van der Waals surface area contributed by atoms with Crippen LogP contribution in [0, 0.1) is 0 Å². The van der Waals surface area contributed by atoms with E-state index in [1.807, 2.05) is 27.0 Å². The largest absolute Gasteiger partial charge is 0.347 e. The van der Waals surface area contributed by atoms with Crippen molar-refractivity contribution in [3.63, 3.8) is 0 Å². The molecule has 0 aromatic carbocycles. The lowest BCUT2D eigenvalue weighted by molar-refractivity contribution is 0.0916. The third-order valence-corrected chi connectivity index (χ3v) is 2.41. The van der Waals surface area contributed by atoms with E-state index < -0.39 is 0 Å². The number of aromatic nitrogens is 1. The molecule has 0 saturated heterocycles. The van der Waals surface area contributed by atoms with E-state index in [4.69, 9.17) is 0 Å². The van der Waals surface area contributed by atoms with Crippen molar-refractivity contribution in [1.29, 1.82) is 0 Å². The van der Waals surface area contributed by atoms with Crippen molar-refractivity contribution in [1.82, 2.24) is 10.3 Å². The topological polar surface area (TPSA) is 42.0 Å². The summed E-state index contributed by atoms with van der Waals surface area (Å²) in [6.07, 6.45) is 3.61. The van der Waals surface area contributed by atoms with Crippen LogP contribution in [0.15, 0.2) is 23.4 Å². The highest BCUT2D eigenvalue weighted by Gasteiger charge is 2.17. The van der Waals surface area contributed by atoms with Gasteiger partial charge in [0.25, 0.3) is 5.91 Å². The fraction of sp³-hybridized carbons (Fsp3) is 0.455. The Morgan fingerprint density at radius 3 is 2.67 bits per heavy atom. The molecular weight excluding hydrogens is 208 g/mol. The number of rotatable bonds is 2. The molecule has 0 aliphatic rings. The number of amides is 1. The molecule has 15 heavy (non-hydrogen) atoms. The van der Waals surface area contributed by atoms with Gasteiger partial charge in [-0.3, -0.25) is 4.79 Å². The lowest BCUT2D eigenvalue weighted by Crippen LogP contribution is -2.40. The second-order valence-electron chi connectivity index (χ2n) is 4.26. The van der Waals surface area contributed by atoms with Gasteiger partial charge in [0.05, 0.1) is 5.56 Å². The first-order chi connectivity index (χ1) is 6.94. The molecule has 0 atom stereocenters. The highest BCUT2D eigenvalue weighted by Crippen LogP contribution is 2.17. The summed E-state index contributed by atoms with van der Waals surface area (Å²) in [5.74, 6) is -0.0695. The van der Waals surface area contributed by atoms with Gasteiger partial charge in [0.2, 0.25) is 0 Å². The summed E-state index contributed by atoms with van der Waals surface area (Å²) in [4.78, 5) is 16.0. The van der Waals surface area contributed by atoms with E-state index >= 15 is 0 Å². The number of hydrogen-bond donors (Lipinski definition) is 1. The van der Waals surface area contributed by atoms with Crippen molar-refractivity contribution in [3.05, 3.63) is 23.9 Å². The molecule has 1 aromatic heterocycles. The molecule has 0 spiro atoms. The van der Waals surface area contributed by atoms with Crippen molar-refractivity contribution in [2.24, 2.45) is 0 Å². The highest BCUT2D eigenvalue weighted by atomic mass is 32.2. The van der Waals surface area contributed by atoms with Crippen molar-refractivity contribution in [2.45, 2.75) is 31.3 Å². The van der Waals surface area contributed by atoms with E-state index in [1.165, 1.54) is 11.8 Å². The Hall–Kier alpha value is -1.03. The van der Waals surface area contributed by atoms with E-state index in [-0.39, 0.29) is 11.4 Å². The highest BCUT2D eigenvalue weighted by molar-refractivity contribution is 7.98. The zero-order valence-electron chi connectivity index (χ0n) is 9.50. The summed E-state index contributed by atoms with van der Waals surface area (Å²) in [5.41, 5.74) is 0.419. The summed E-state index contributed by atoms with van der Waals surface area (Å²) in [7, 11) is 0. The minimum absolute atomic E-state index is 0.0695. The second kappa shape index (κ2) is 4.66. The number of nitrogens with one attached hydrogen (secondary N) is 1. The SMILES string of the molecule is CSc1ncccc1C(=O)NC(C)(C)C. The van der Waals surface area contributed by atoms with Gasteiger partial charge in [0, 0.05) is 11.7 Å². The molecule has 0 bridgehead atoms. The van der Waals surface area contributed by atoms with Crippen LogP contribution in [-0.4, -0.2) is 22.7 Å². The zero-order valence-corrected chi connectivity index (χ0v) is 10.3. The lowest BCUT2D eigenvalue weighted by atomic mass is 10.1. The van der Waals surface area contributed by atoms with Crippen LogP contribution >= 0.6 is 11.8 Å². The van der Waals surface area contributed by atoms with Gasteiger partial charge in [0.15, 0.2) is 0 Å². The molecule has 1 N–H and O–H groups in total. The number of carbonyl (C=O) groups excluding carboxylic acids is 1. The predicted octanol–water partition coefficient (Wildman–Crippen LogP) is 2.33. The maximum atomic E-state index is 11.9. The predicted molar refractivity (Wildman–Crippen MR) is 63.2 cm³/mol. The quantitative estimate of drug-likeness (QED) is 0.784. The number of carbonyl (C=O) groups is 1. The molecule has 1 aromatic rings. The van der Waals surface area contributed by atoms with Crippen molar-refractivity contribution >= 4 is 17.7 Å². The molecule has 0 aliphatic carbocycles. The third kappa shape index (κ3) is 3.55. The Kier molecular flexibility index (Phi) is 3.74. The molecule has 1 rings (SSSR count). The summed E-state index contributed by atoms with van der Waals surface area (Å²) in [5, 5.41) is 3.68. The van der Waals surface area contributed by atoms with Gasteiger partial charge in [-0.1, -0.05) is 0 Å². The van der Waals surface area contributed by atoms with E-state index in [9.17, 15) is 4.79 Å². The van der Waals surface area contributed by atoms with E-state index in [0.717, 1.165) is 5.03 Å². The van der Waals surface area contributed by atoms with Crippen molar-refractivity contribution in [3.8, 4) is 0 Å². The number of pyridine rings is 1. The summed E-state index contributed by atoms with van der Waals surface area (Å²) in [6, 6.07) is 3.57. The number of thioether (sulfide) groups is 1. The second-order valence-corrected chi connectivity index (χ2v) is 5.06. The fourth-order valence-electron chi connectivity index (χ4n) is 1.13. The van der Waals surface area contributed by atoms with Crippen LogP contribution in [0.1, 0.15) is 31.1 Å². The smallest absolute Gasteiger partial charge is 0.254 e. The molecule has 0 aliphatic heterocycles. The maximum Gasteiger partial charge on any atom is 0.254 e. The Morgan fingerprint density at radius 2 is 2.13 bits per heavy atom. The molecule has 0 fully saturated rings. The van der Waals surface area contributed by atoms with E-state index in [0.29, 0.717) is 5.56 Å². The average molecular weight is 224 g/mol. The van der Waals surface area contributed by atoms with Crippen molar-refractivity contribution < 1.29 is 4.79 Å². The fourth-order valence-corrected chi connectivity index (χ4v) is 1.68. The number of hydrogen-bond acceptors (Lipinski definition) is 3. The molecule has 0 radical (unpaired) electrons. The molecule has 0 saturated carbocycles. The first-order valence-electron chi connectivity index (χ1n) is 4.75. The minimum Gasteiger partial charge on any atom is -0.347 e. The number of nitrogens with zero attached hydrogens (tertiary/aromatic N) is 1. The average Bonchev–Trinajstić information content (AvgIpc) is 2.15. The molecule has 0 unspecified atom stereocenters. The van der Waals surface area contributed by atoms with Gasteiger partial charge in [-0.15, -0.1) is 11.8 Å². The normalized spacial score (nSPS) is 11.2. The monoisotopic (exact) mass is 224 g/mol. The van der Waals surface area contributed by atoms with Gasteiger partial charge in [-0.25, -0.2) is 4.98 Å². The first-order valence-corrected chi connectivity index (χ1v) is 5.98. The Labute approximate surface area is 94.7 Å². The van der Waals surface area contributed by atoms with Crippen LogP contribution in [0.2, 0.25) is 0 Å². The summed E-state index contributed by atoms with van der Waals surface area (Å²) < 4.78 is 0. The lowest BCUT2D eigenvalue weighted by Gasteiger charge is -2.20. The molecule has 82 valence electrons. The van der Waals surface area contributed by atoms with Crippen LogP contribution in [0.5, 0.6) is 0 Å². The molecule has 3 nitrogen and oxygen atoms in total. The standard InChI is InChI=1S/C11H16N2OS/c1-11(2,3)13-9(14)8-6-5-7-12-10(8)15-4/h5-7H,1-4H3,(H,13,14). The van der Waals surface area contributed by atoms with Crippen LogP contribution in [0.4, 0.5) is 0 Å². The van der Waals surface area contributed by atoms with Gasteiger partial charge < -0.3 is 5.32 Å².